The van der Waals surface area contributed by atoms with Crippen LogP contribution in [0.2, 0.25) is 0 Å². The van der Waals surface area contributed by atoms with Gasteiger partial charge in [0.15, 0.2) is 11.5 Å². The lowest BCUT2D eigenvalue weighted by Crippen LogP contribution is -2.53. The van der Waals surface area contributed by atoms with E-state index in [1.165, 1.54) is 12.1 Å². The molecule has 1 aromatic carbocycles. The lowest BCUT2D eigenvalue weighted by molar-refractivity contribution is -0.138. The molecule has 1 saturated heterocycles. The number of benzene rings is 1. The summed E-state index contributed by atoms with van der Waals surface area (Å²) in [6.45, 7) is 6.29. The Bertz CT molecular complexity index is 759. The Kier molecular flexibility index (Phi) is 5.69. The van der Waals surface area contributed by atoms with Crippen LogP contribution in [0.5, 0.6) is 11.5 Å². The van der Waals surface area contributed by atoms with E-state index < -0.39 is 16.1 Å². The second-order valence-corrected chi connectivity index (χ2v) is 8.30. The highest BCUT2D eigenvalue weighted by Gasteiger charge is 2.32. The van der Waals surface area contributed by atoms with Gasteiger partial charge in [-0.2, -0.15) is 4.72 Å². The highest BCUT2D eigenvalue weighted by atomic mass is 32.2. The normalized spacial score (nSPS) is 18.7. The second-order valence-electron chi connectivity index (χ2n) is 6.59. The highest BCUT2D eigenvalue weighted by Crippen LogP contribution is 2.32. The van der Waals surface area contributed by atoms with Crippen LogP contribution >= 0.6 is 0 Å². The van der Waals surface area contributed by atoms with Crippen molar-refractivity contribution < 1.29 is 27.4 Å². The molecule has 0 bridgehead atoms. The molecule has 3 rings (SSSR count). The van der Waals surface area contributed by atoms with Crippen molar-refractivity contribution in [3.63, 3.8) is 0 Å². The third-order valence-electron chi connectivity index (χ3n) is 4.36. The van der Waals surface area contributed by atoms with Crippen molar-refractivity contribution >= 4 is 15.9 Å². The van der Waals surface area contributed by atoms with Gasteiger partial charge in [-0.05, 0) is 18.1 Å². The topological polar surface area (TPSA) is 94.2 Å². The van der Waals surface area contributed by atoms with E-state index in [0.717, 1.165) is 0 Å². The van der Waals surface area contributed by atoms with E-state index in [1.54, 1.807) is 11.0 Å². The van der Waals surface area contributed by atoms with Crippen LogP contribution in [0, 0.1) is 5.92 Å². The maximum atomic E-state index is 12.8. The molecule has 0 aromatic heterocycles. The van der Waals surface area contributed by atoms with Gasteiger partial charge in [0, 0.05) is 19.2 Å². The zero-order valence-corrected chi connectivity index (χ0v) is 15.8. The summed E-state index contributed by atoms with van der Waals surface area (Å²) in [7, 11) is -3.89. The molecule has 0 spiro atoms. The van der Waals surface area contributed by atoms with Gasteiger partial charge in [0.25, 0.3) is 0 Å². The fourth-order valence-corrected chi connectivity index (χ4v) is 4.23. The number of nitrogens with one attached hydrogen (secondary N) is 1. The molecule has 1 aromatic rings. The number of carbonyl (C=O) groups excluding carboxylic acids is 1. The minimum atomic E-state index is -3.89. The lowest BCUT2D eigenvalue weighted by Gasteiger charge is -2.32. The summed E-state index contributed by atoms with van der Waals surface area (Å²) in [5, 5.41) is 0. The number of rotatable bonds is 5. The molecule has 0 radical (unpaired) electrons. The summed E-state index contributed by atoms with van der Waals surface area (Å²) in [5.41, 5.74) is 0. The van der Waals surface area contributed by atoms with Crippen molar-refractivity contribution in [3.8, 4) is 11.5 Å². The Morgan fingerprint density at radius 2 is 1.73 bits per heavy atom. The van der Waals surface area contributed by atoms with Gasteiger partial charge in [-0.1, -0.05) is 13.8 Å². The number of hydrogen-bond donors (Lipinski definition) is 1. The van der Waals surface area contributed by atoms with Crippen molar-refractivity contribution in [2.75, 3.05) is 39.5 Å². The van der Waals surface area contributed by atoms with Gasteiger partial charge in [0.05, 0.1) is 18.1 Å². The Hall–Kier alpha value is -1.84. The van der Waals surface area contributed by atoms with E-state index in [2.05, 4.69) is 4.72 Å². The zero-order valence-electron chi connectivity index (χ0n) is 14.9. The number of morpholine rings is 1. The minimum absolute atomic E-state index is 0.0437. The Balaban J connectivity index is 1.80. The third kappa shape index (κ3) is 4.11. The van der Waals surface area contributed by atoms with Crippen molar-refractivity contribution in [2.24, 2.45) is 5.92 Å². The Morgan fingerprint density at radius 3 is 2.38 bits per heavy atom. The maximum absolute atomic E-state index is 12.8. The first-order valence-corrected chi connectivity index (χ1v) is 10.2. The molecular formula is C17H24N2O6S. The molecule has 1 amide bonds. The van der Waals surface area contributed by atoms with E-state index >= 15 is 0 Å². The predicted molar refractivity (Wildman–Crippen MR) is 93.8 cm³/mol. The van der Waals surface area contributed by atoms with E-state index in [1.807, 2.05) is 13.8 Å². The van der Waals surface area contributed by atoms with Crippen LogP contribution in [0.3, 0.4) is 0 Å². The van der Waals surface area contributed by atoms with Gasteiger partial charge >= 0.3 is 0 Å². The number of carbonyl (C=O) groups is 1. The first-order valence-electron chi connectivity index (χ1n) is 8.67. The van der Waals surface area contributed by atoms with Crippen LogP contribution < -0.4 is 14.2 Å². The number of amides is 1. The molecule has 26 heavy (non-hydrogen) atoms. The average molecular weight is 384 g/mol. The van der Waals surface area contributed by atoms with Crippen molar-refractivity contribution in [2.45, 2.75) is 24.8 Å². The Labute approximate surface area is 153 Å². The van der Waals surface area contributed by atoms with Gasteiger partial charge in [-0.25, -0.2) is 8.42 Å². The molecule has 144 valence electrons. The molecule has 0 saturated carbocycles. The van der Waals surface area contributed by atoms with E-state index in [-0.39, 0.29) is 16.7 Å². The van der Waals surface area contributed by atoms with Gasteiger partial charge < -0.3 is 19.1 Å². The SMILES string of the molecule is CC(C)C(NS(=O)(=O)c1ccc2c(c1)OCCO2)C(=O)N1CCOCC1. The predicted octanol–water partition coefficient (Wildman–Crippen LogP) is 0.620. The first-order chi connectivity index (χ1) is 12.4. The monoisotopic (exact) mass is 384 g/mol. The van der Waals surface area contributed by atoms with Crippen LogP contribution in [0.4, 0.5) is 0 Å². The van der Waals surface area contributed by atoms with Crippen molar-refractivity contribution in [1.29, 1.82) is 0 Å². The third-order valence-corrected chi connectivity index (χ3v) is 5.80. The van der Waals surface area contributed by atoms with E-state index in [9.17, 15) is 13.2 Å². The molecule has 2 heterocycles. The average Bonchev–Trinajstić information content (AvgIpc) is 2.65. The van der Waals surface area contributed by atoms with Crippen LogP contribution in [0.15, 0.2) is 23.1 Å². The summed E-state index contributed by atoms with van der Waals surface area (Å²) in [6.07, 6.45) is 0. The first kappa shape index (κ1) is 18.9. The lowest BCUT2D eigenvalue weighted by atomic mass is 10.0. The summed E-state index contributed by atoms with van der Waals surface area (Å²) in [5.74, 6) is 0.474. The fraction of sp³-hybridized carbons (Fsp3) is 0.588. The summed E-state index contributed by atoms with van der Waals surface area (Å²) in [6, 6.07) is 3.60. The van der Waals surface area contributed by atoms with Gasteiger partial charge in [0.1, 0.15) is 19.3 Å². The molecule has 2 aliphatic heterocycles. The number of fused-ring (bicyclic) bond motifs is 1. The van der Waals surface area contributed by atoms with Crippen LogP contribution in [-0.2, 0) is 19.6 Å². The number of hydrogen-bond acceptors (Lipinski definition) is 6. The fourth-order valence-electron chi connectivity index (χ4n) is 2.88. The van der Waals surface area contributed by atoms with E-state index in [0.29, 0.717) is 51.0 Å². The standard InChI is InChI=1S/C17H24N2O6S/c1-12(2)16(17(20)19-5-7-23-8-6-19)18-26(21,22)13-3-4-14-15(11-13)25-10-9-24-14/h3-4,11-12,16,18H,5-10H2,1-2H3. The molecule has 9 heteroatoms. The summed E-state index contributed by atoms with van der Waals surface area (Å²) < 4.78 is 44.3. The maximum Gasteiger partial charge on any atom is 0.241 e. The second kappa shape index (κ2) is 7.81. The molecule has 0 aliphatic carbocycles. The number of nitrogens with zero attached hydrogens (tertiary/aromatic N) is 1. The number of ether oxygens (including phenoxy) is 3. The van der Waals surface area contributed by atoms with Crippen molar-refractivity contribution in [3.05, 3.63) is 18.2 Å². The van der Waals surface area contributed by atoms with Gasteiger partial charge in [0.2, 0.25) is 15.9 Å². The zero-order chi connectivity index (χ0) is 18.7. The summed E-state index contributed by atoms with van der Waals surface area (Å²) >= 11 is 0. The molecule has 2 aliphatic rings. The molecule has 1 atom stereocenters. The quantitative estimate of drug-likeness (QED) is 0.800. The minimum Gasteiger partial charge on any atom is -0.486 e. The molecule has 1 unspecified atom stereocenters. The smallest absolute Gasteiger partial charge is 0.241 e. The largest absolute Gasteiger partial charge is 0.486 e. The van der Waals surface area contributed by atoms with Gasteiger partial charge in [-0.15, -0.1) is 0 Å². The van der Waals surface area contributed by atoms with Crippen molar-refractivity contribution in [1.82, 2.24) is 9.62 Å². The van der Waals surface area contributed by atoms with Gasteiger partial charge in [-0.3, -0.25) is 4.79 Å². The number of sulfonamides is 1. The molecule has 1 fully saturated rings. The Morgan fingerprint density at radius 1 is 1.08 bits per heavy atom. The van der Waals surface area contributed by atoms with Crippen LogP contribution in [-0.4, -0.2) is 64.8 Å². The van der Waals surface area contributed by atoms with E-state index in [4.69, 9.17) is 14.2 Å². The highest BCUT2D eigenvalue weighted by molar-refractivity contribution is 7.89. The molecule has 8 nitrogen and oxygen atoms in total. The van der Waals surface area contributed by atoms with Crippen LogP contribution in [0.25, 0.3) is 0 Å². The van der Waals surface area contributed by atoms with Crippen LogP contribution in [0.1, 0.15) is 13.8 Å². The molecule has 1 N–H and O–H groups in total. The summed E-state index contributed by atoms with van der Waals surface area (Å²) in [4.78, 5) is 14.5. The molecular weight excluding hydrogens is 360 g/mol.